The van der Waals surface area contributed by atoms with Crippen LogP contribution in [-0.4, -0.2) is 7.05 Å². The minimum atomic E-state index is 0.518. The number of nitrogens with one attached hydrogen (secondary N) is 1. The topological polar surface area (TPSA) is 21.3 Å². The van der Waals surface area contributed by atoms with E-state index in [9.17, 15) is 0 Å². The lowest BCUT2D eigenvalue weighted by Gasteiger charge is -2.15. The molecule has 0 unspecified atom stereocenters. The molecule has 0 aromatic heterocycles. The molecule has 2 aromatic rings. The fourth-order valence-corrected chi connectivity index (χ4v) is 2.76. The van der Waals surface area contributed by atoms with Crippen molar-refractivity contribution in [3.8, 4) is 5.75 Å². The van der Waals surface area contributed by atoms with Crippen LogP contribution in [0.25, 0.3) is 0 Å². The summed E-state index contributed by atoms with van der Waals surface area (Å²) in [4.78, 5) is 0.992. The fraction of sp³-hybridized carbons (Fsp3) is 0.250. The molecular formula is C16H18BrNOS. The van der Waals surface area contributed by atoms with E-state index in [2.05, 4.69) is 33.9 Å². The quantitative estimate of drug-likeness (QED) is 0.758. The van der Waals surface area contributed by atoms with Gasteiger partial charge in [0.05, 0.1) is 0 Å². The first-order chi connectivity index (χ1) is 9.52. The van der Waals surface area contributed by atoms with E-state index in [1.807, 2.05) is 51.2 Å². The van der Waals surface area contributed by atoms with E-state index in [4.69, 9.17) is 4.74 Å². The molecule has 0 bridgehead atoms. The van der Waals surface area contributed by atoms with Crippen molar-refractivity contribution in [3.63, 3.8) is 0 Å². The molecule has 0 heterocycles. The smallest absolute Gasteiger partial charge is 0.123 e. The van der Waals surface area contributed by atoms with Gasteiger partial charge in [-0.1, -0.05) is 22.0 Å². The minimum absolute atomic E-state index is 0.518. The molecule has 2 aromatic carbocycles. The Balaban J connectivity index is 2.23. The monoisotopic (exact) mass is 351 g/mol. The van der Waals surface area contributed by atoms with Crippen LogP contribution in [0.15, 0.2) is 39.7 Å². The van der Waals surface area contributed by atoms with E-state index in [-0.39, 0.29) is 0 Å². The summed E-state index contributed by atoms with van der Waals surface area (Å²) in [5.74, 6) is 0.901. The number of aryl methyl sites for hydroxylation is 2. The predicted octanol–water partition coefficient (Wildman–Crippen LogP) is 4.98. The van der Waals surface area contributed by atoms with Gasteiger partial charge in [0.15, 0.2) is 0 Å². The van der Waals surface area contributed by atoms with Crippen LogP contribution >= 0.6 is 28.6 Å². The number of thiol groups is 1. The van der Waals surface area contributed by atoms with E-state index >= 15 is 0 Å². The summed E-state index contributed by atoms with van der Waals surface area (Å²) < 4.78 is 7.02. The van der Waals surface area contributed by atoms with Crippen molar-refractivity contribution >= 4 is 34.2 Å². The maximum absolute atomic E-state index is 5.98. The third-order valence-electron chi connectivity index (χ3n) is 3.25. The number of hydrogen-bond acceptors (Lipinski definition) is 3. The van der Waals surface area contributed by atoms with Gasteiger partial charge in [0.1, 0.15) is 12.4 Å². The molecule has 0 radical (unpaired) electrons. The zero-order chi connectivity index (χ0) is 14.7. The van der Waals surface area contributed by atoms with E-state index in [0.717, 1.165) is 37.5 Å². The zero-order valence-corrected chi connectivity index (χ0v) is 14.3. The van der Waals surface area contributed by atoms with Gasteiger partial charge >= 0.3 is 0 Å². The lowest BCUT2D eigenvalue weighted by molar-refractivity contribution is 0.303. The molecule has 0 aliphatic heterocycles. The number of halogens is 1. The highest BCUT2D eigenvalue weighted by Gasteiger charge is 2.08. The largest absolute Gasteiger partial charge is 0.489 e. The highest BCUT2D eigenvalue weighted by Crippen LogP contribution is 2.29. The molecule has 0 aliphatic carbocycles. The first-order valence-electron chi connectivity index (χ1n) is 6.41. The lowest BCUT2D eigenvalue weighted by atomic mass is 10.1. The molecule has 0 saturated carbocycles. The number of hydrogen-bond donors (Lipinski definition) is 2. The Morgan fingerprint density at radius 3 is 2.65 bits per heavy atom. The molecule has 0 amide bonds. The van der Waals surface area contributed by atoms with Gasteiger partial charge in [-0.2, -0.15) is 0 Å². The molecule has 0 aliphatic rings. The van der Waals surface area contributed by atoms with Crippen LogP contribution in [0.2, 0.25) is 0 Å². The van der Waals surface area contributed by atoms with Crippen LogP contribution in [0.3, 0.4) is 0 Å². The van der Waals surface area contributed by atoms with Gasteiger partial charge < -0.3 is 10.1 Å². The van der Waals surface area contributed by atoms with Gasteiger partial charge in [0.2, 0.25) is 0 Å². The molecule has 2 nitrogen and oxygen atoms in total. The maximum Gasteiger partial charge on any atom is 0.123 e. The second-order valence-corrected chi connectivity index (χ2v) is 6.04. The van der Waals surface area contributed by atoms with Crippen molar-refractivity contribution < 1.29 is 4.74 Å². The molecule has 0 spiro atoms. The average molecular weight is 352 g/mol. The van der Waals surface area contributed by atoms with E-state index in [0.29, 0.717) is 6.61 Å². The second-order valence-electron chi connectivity index (χ2n) is 4.71. The molecular weight excluding hydrogens is 334 g/mol. The first kappa shape index (κ1) is 15.3. The summed E-state index contributed by atoms with van der Waals surface area (Å²) in [6, 6.07) is 10.1. The standard InChI is InChI=1S/C16H18BrNOS/c1-10-8-16(20)11(2)7-15(10)19-9-12-13(17)5-4-6-14(12)18-3/h4-8,18,20H,9H2,1-3H3. The van der Waals surface area contributed by atoms with Gasteiger partial charge in [-0.15, -0.1) is 12.6 Å². The van der Waals surface area contributed by atoms with Crippen molar-refractivity contribution in [1.82, 2.24) is 0 Å². The Labute approximate surface area is 134 Å². The Kier molecular flexibility index (Phi) is 5.00. The Hall–Kier alpha value is -1.13. The summed E-state index contributed by atoms with van der Waals surface area (Å²) in [5.41, 5.74) is 4.40. The van der Waals surface area contributed by atoms with Crippen LogP contribution in [0, 0.1) is 13.8 Å². The van der Waals surface area contributed by atoms with Crippen LogP contribution in [0.4, 0.5) is 5.69 Å². The van der Waals surface area contributed by atoms with E-state index in [1.54, 1.807) is 0 Å². The third-order valence-corrected chi connectivity index (χ3v) is 4.48. The second kappa shape index (κ2) is 6.55. The van der Waals surface area contributed by atoms with Crippen molar-refractivity contribution in [3.05, 3.63) is 51.5 Å². The number of benzene rings is 2. The lowest BCUT2D eigenvalue weighted by Crippen LogP contribution is -2.02. The summed E-state index contributed by atoms with van der Waals surface area (Å²) in [6.07, 6.45) is 0. The fourth-order valence-electron chi connectivity index (χ4n) is 2.02. The molecule has 0 atom stereocenters. The molecule has 0 fully saturated rings. The Morgan fingerprint density at radius 2 is 1.95 bits per heavy atom. The van der Waals surface area contributed by atoms with Crippen molar-refractivity contribution in [1.29, 1.82) is 0 Å². The molecule has 2 rings (SSSR count). The maximum atomic E-state index is 5.98. The summed E-state index contributed by atoms with van der Waals surface area (Å²) >= 11 is 8.00. The molecule has 20 heavy (non-hydrogen) atoms. The third kappa shape index (κ3) is 3.30. The minimum Gasteiger partial charge on any atom is -0.489 e. The van der Waals surface area contributed by atoms with Crippen molar-refractivity contribution in [2.75, 3.05) is 12.4 Å². The highest BCUT2D eigenvalue weighted by molar-refractivity contribution is 9.10. The van der Waals surface area contributed by atoms with Gasteiger partial charge in [-0.3, -0.25) is 0 Å². The summed E-state index contributed by atoms with van der Waals surface area (Å²) in [5, 5.41) is 3.19. The van der Waals surface area contributed by atoms with E-state index in [1.165, 1.54) is 0 Å². The van der Waals surface area contributed by atoms with Crippen LogP contribution in [0.5, 0.6) is 5.75 Å². The molecule has 0 saturated heterocycles. The van der Waals surface area contributed by atoms with Gasteiger partial charge in [0, 0.05) is 27.7 Å². The van der Waals surface area contributed by atoms with E-state index < -0.39 is 0 Å². The normalized spacial score (nSPS) is 10.4. The summed E-state index contributed by atoms with van der Waals surface area (Å²) in [7, 11) is 1.91. The summed E-state index contributed by atoms with van der Waals surface area (Å²) in [6.45, 7) is 4.59. The van der Waals surface area contributed by atoms with Gasteiger partial charge in [-0.25, -0.2) is 0 Å². The highest BCUT2D eigenvalue weighted by atomic mass is 79.9. The molecule has 106 valence electrons. The van der Waals surface area contributed by atoms with Gasteiger partial charge in [0.25, 0.3) is 0 Å². The van der Waals surface area contributed by atoms with Crippen LogP contribution in [0.1, 0.15) is 16.7 Å². The SMILES string of the molecule is CNc1cccc(Br)c1COc1cc(C)c(S)cc1C. The van der Waals surface area contributed by atoms with Gasteiger partial charge in [-0.05, 0) is 49.2 Å². The number of ether oxygens (including phenoxy) is 1. The van der Waals surface area contributed by atoms with Crippen molar-refractivity contribution in [2.45, 2.75) is 25.3 Å². The first-order valence-corrected chi connectivity index (χ1v) is 7.65. The van der Waals surface area contributed by atoms with Crippen molar-refractivity contribution in [2.24, 2.45) is 0 Å². The Bertz CT molecular complexity index is 628. The number of anilines is 1. The predicted molar refractivity (Wildman–Crippen MR) is 91.2 cm³/mol. The number of rotatable bonds is 4. The van der Waals surface area contributed by atoms with Crippen LogP contribution in [-0.2, 0) is 6.61 Å². The van der Waals surface area contributed by atoms with Crippen LogP contribution < -0.4 is 10.1 Å². The molecule has 1 N–H and O–H groups in total. The average Bonchev–Trinajstić information content (AvgIpc) is 2.42. The Morgan fingerprint density at radius 1 is 1.20 bits per heavy atom. The molecule has 4 heteroatoms. The zero-order valence-electron chi connectivity index (χ0n) is 11.8.